The Hall–Kier alpha value is -1.34. The quantitative estimate of drug-likeness (QED) is 0.746. The third kappa shape index (κ3) is 5.44. The summed E-state index contributed by atoms with van der Waals surface area (Å²) in [5.41, 5.74) is 4.80. The zero-order valence-corrected chi connectivity index (χ0v) is 11.6. The molecule has 0 bridgehead atoms. The van der Waals surface area contributed by atoms with E-state index in [4.69, 9.17) is 20.3 Å². The summed E-state index contributed by atoms with van der Waals surface area (Å²) < 4.78 is 10.4. The molecule has 1 atom stereocenters. The van der Waals surface area contributed by atoms with Gasteiger partial charge < -0.3 is 25.2 Å². The normalized spacial score (nSPS) is 17.8. The van der Waals surface area contributed by atoms with Crippen molar-refractivity contribution in [1.29, 1.82) is 0 Å². The van der Waals surface area contributed by atoms with Crippen LogP contribution in [0.2, 0.25) is 0 Å². The van der Waals surface area contributed by atoms with Crippen LogP contribution in [0.3, 0.4) is 0 Å². The maximum absolute atomic E-state index is 11.6. The number of ether oxygens (including phenoxy) is 2. The van der Waals surface area contributed by atoms with Crippen LogP contribution in [0.5, 0.6) is 0 Å². The average Bonchev–Trinajstić information content (AvgIpc) is 2.17. The number of carbonyl (C=O) groups is 2. The van der Waals surface area contributed by atoms with Crippen LogP contribution in [-0.2, 0) is 14.3 Å². The number of nitrogens with zero attached hydrogens (tertiary/aromatic N) is 1. The number of carboxylic acids is 1. The predicted octanol–water partition coefficient (Wildman–Crippen LogP) is 0.282. The SMILES string of the molecule is CC(C)(C)OC(=O)N1CC(COC[C@H](N)C(=O)O)C1. The van der Waals surface area contributed by atoms with Crippen molar-refractivity contribution in [3.05, 3.63) is 0 Å². The van der Waals surface area contributed by atoms with Gasteiger partial charge in [0.25, 0.3) is 0 Å². The summed E-state index contributed by atoms with van der Waals surface area (Å²) in [5.74, 6) is -0.863. The summed E-state index contributed by atoms with van der Waals surface area (Å²) >= 11 is 0. The van der Waals surface area contributed by atoms with E-state index in [1.807, 2.05) is 20.8 Å². The van der Waals surface area contributed by atoms with E-state index in [0.29, 0.717) is 19.7 Å². The number of carboxylic acid groups (broad SMARTS) is 1. The van der Waals surface area contributed by atoms with Crippen molar-refractivity contribution >= 4 is 12.1 Å². The van der Waals surface area contributed by atoms with E-state index in [2.05, 4.69) is 0 Å². The van der Waals surface area contributed by atoms with Crippen molar-refractivity contribution in [1.82, 2.24) is 4.90 Å². The lowest BCUT2D eigenvalue weighted by Gasteiger charge is -2.39. The molecule has 0 saturated carbocycles. The summed E-state index contributed by atoms with van der Waals surface area (Å²) in [6, 6.07) is -0.998. The van der Waals surface area contributed by atoms with Gasteiger partial charge in [-0.3, -0.25) is 4.79 Å². The fourth-order valence-electron chi connectivity index (χ4n) is 1.58. The fraction of sp³-hybridized carbons (Fsp3) is 0.833. The summed E-state index contributed by atoms with van der Waals surface area (Å²) in [6.45, 7) is 6.97. The molecule has 19 heavy (non-hydrogen) atoms. The van der Waals surface area contributed by atoms with Gasteiger partial charge in [0, 0.05) is 19.0 Å². The topological polar surface area (TPSA) is 102 Å². The zero-order chi connectivity index (χ0) is 14.6. The molecule has 1 aliphatic rings. The largest absolute Gasteiger partial charge is 0.480 e. The van der Waals surface area contributed by atoms with E-state index in [0.717, 1.165) is 0 Å². The molecule has 0 spiro atoms. The molecule has 1 amide bonds. The minimum Gasteiger partial charge on any atom is -0.480 e. The molecule has 0 aliphatic carbocycles. The van der Waals surface area contributed by atoms with Crippen LogP contribution in [-0.4, -0.2) is 60.0 Å². The molecule has 1 aliphatic heterocycles. The summed E-state index contributed by atoms with van der Waals surface area (Å²) in [7, 11) is 0. The first-order chi connectivity index (χ1) is 8.69. The van der Waals surface area contributed by atoms with Crippen molar-refractivity contribution in [2.75, 3.05) is 26.3 Å². The lowest BCUT2D eigenvalue weighted by molar-refractivity contribution is -0.140. The molecule has 0 aromatic carbocycles. The molecule has 7 nitrogen and oxygen atoms in total. The average molecular weight is 274 g/mol. The van der Waals surface area contributed by atoms with Gasteiger partial charge in [0.2, 0.25) is 0 Å². The van der Waals surface area contributed by atoms with Gasteiger partial charge in [0.1, 0.15) is 11.6 Å². The second kappa shape index (κ2) is 6.21. The van der Waals surface area contributed by atoms with Gasteiger partial charge in [-0.05, 0) is 20.8 Å². The van der Waals surface area contributed by atoms with Crippen LogP contribution < -0.4 is 5.73 Å². The van der Waals surface area contributed by atoms with Crippen LogP contribution in [0, 0.1) is 5.92 Å². The van der Waals surface area contributed by atoms with Gasteiger partial charge >= 0.3 is 12.1 Å². The highest BCUT2D eigenvalue weighted by Crippen LogP contribution is 2.19. The maximum atomic E-state index is 11.6. The van der Waals surface area contributed by atoms with Gasteiger partial charge in [0.05, 0.1) is 13.2 Å². The molecule has 1 saturated heterocycles. The Labute approximate surface area is 112 Å². The maximum Gasteiger partial charge on any atom is 0.410 e. The third-order valence-electron chi connectivity index (χ3n) is 2.58. The van der Waals surface area contributed by atoms with Gasteiger partial charge in [-0.2, -0.15) is 0 Å². The highest BCUT2D eigenvalue weighted by molar-refractivity contribution is 5.73. The zero-order valence-electron chi connectivity index (χ0n) is 11.6. The highest BCUT2D eigenvalue weighted by atomic mass is 16.6. The fourth-order valence-corrected chi connectivity index (χ4v) is 1.58. The van der Waals surface area contributed by atoms with Crippen molar-refractivity contribution < 1.29 is 24.2 Å². The minimum absolute atomic E-state index is 0.0156. The lowest BCUT2D eigenvalue weighted by atomic mass is 10.0. The molecule has 3 N–H and O–H groups in total. The van der Waals surface area contributed by atoms with Crippen LogP contribution >= 0.6 is 0 Å². The van der Waals surface area contributed by atoms with Gasteiger partial charge in [-0.1, -0.05) is 0 Å². The monoisotopic (exact) mass is 274 g/mol. The number of carbonyl (C=O) groups excluding carboxylic acids is 1. The first kappa shape index (κ1) is 15.7. The van der Waals surface area contributed by atoms with Crippen molar-refractivity contribution in [2.24, 2.45) is 11.7 Å². The van der Waals surface area contributed by atoms with E-state index in [1.165, 1.54) is 0 Å². The Kier molecular flexibility index (Phi) is 5.13. The first-order valence-electron chi connectivity index (χ1n) is 6.23. The second-order valence-electron chi connectivity index (χ2n) is 5.73. The summed E-state index contributed by atoms with van der Waals surface area (Å²) in [6.07, 6.45) is -0.328. The first-order valence-corrected chi connectivity index (χ1v) is 6.23. The molecule has 0 unspecified atom stereocenters. The Bertz CT molecular complexity index is 334. The van der Waals surface area contributed by atoms with Gasteiger partial charge in [0.15, 0.2) is 0 Å². The molecule has 0 aromatic heterocycles. The van der Waals surface area contributed by atoms with Crippen molar-refractivity contribution in [3.8, 4) is 0 Å². The van der Waals surface area contributed by atoms with Crippen LogP contribution in [0.15, 0.2) is 0 Å². The Morgan fingerprint density at radius 2 is 2.00 bits per heavy atom. The van der Waals surface area contributed by atoms with Crippen LogP contribution in [0.25, 0.3) is 0 Å². The van der Waals surface area contributed by atoms with Crippen molar-refractivity contribution in [2.45, 2.75) is 32.4 Å². The number of likely N-dealkylation sites (tertiary alicyclic amines) is 1. The Morgan fingerprint density at radius 3 is 2.47 bits per heavy atom. The van der Waals surface area contributed by atoms with Crippen LogP contribution in [0.1, 0.15) is 20.8 Å². The molecular weight excluding hydrogens is 252 g/mol. The minimum atomic E-state index is -1.08. The number of rotatable bonds is 5. The van der Waals surface area contributed by atoms with Crippen molar-refractivity contribution in [3.63, 3.8) is 0 Å². The predicted molar refractivity (Wildman–Crippen MR) is 67.7 cm³/mol. The van der Waals surface area contributed by atoms with E-state index in [-0.39, 0.29) is 18.6 Å². The number of nitrogens with two attached hydrogens (primary N) is 1. The molecule has 1 heterocycles. The number of amides is 1. The molecule has 0 aromatic rings. The smallest absolute Gasteiger partial charge is 0.410 e. The van der Waals surface area contributed by atoms with E-state index < -0.39 is 17.6 Å². The molecule has 0 radical (unpaired) electrons. The van der Waals surface area contributed by atoms with E-state index in [9.17, 15) is 9.59 Å². The molecule has 7 heteroatoms. The highest BCUT2D eigenvalue weighted by Gasteiger charge is 2.33. The lowest BCUT2D eigenvalue weighted by Crippen LogP contribution is -2.53. The summed E-state index contributed by atoms with van der Waals surface area (Å²) in [5, 5.41) is 8.57. The summed E-state index contributed by atoms with van der Waals surface area (Å²) in [4.78, 5) is 23.7. The number of hydrogen-bond acceptors (Lipinski definition) is 5. The Balaban J connectivity index is 2.13. The number of aliphatic carboxylic acids is 1. The van der Waals surface area contributed by atoms with Crippen LogP contribution in [0.4, 0.5) is 4.79 Å². The second-order valence-corrected chi connectivity index (χ2v) is 5.73. The third-order valence-corrected chi connectivity index (χ3v) is 2.58. The molecule has 1 fully saturated rings. The van der Waals surface area contributed by atoms with E-state index in [1.54, 1.807) is 4.90 Å². The van der Waals surface area contributed by atoms with E-state index >= 15 is 0 Å². The molecule has 110 valence electrons. The van der Waals surface area contributed by atoms with Gasteiger partial charge in [-0.25, -0.2) is 4.79 Å². The standard InChI is InChI=1S/C12H22N2O5/c1-12(2,3)19-11(17)14-4-8(5-14)6-18-7-9(13)10(15)16/h8-9H,4-7,13H2,1-3H3,(H,15,16)/t9-/m0/s1. The molecule has 1 rings (SSSR count). The van der Waals surface area contributed by atoms with Gasteiger partial charge in [-0.15, -0.1) is 0 Å². The Morgan fingerprint density at radius 1 is 1.42 bits per heavy atom. The number of hydrogen-bond donors (Lipinski definition) is 2. The molecular formula is C12H22N2O5.